The summed E-state index contributed by atoms with van der Waals surface area (Å²) in [6.45, 7) is 6.00. The number of primary amides is 1. The third-order valence-electron chi connectivity index (χ3n) is 4.29. The fourth-order valence-electron chi connectivity index (χ4n) is 2.65. The normalized spacial score (nSPS) is 14.7. The molecule has 134 valence electrons. The Kier molecular flexibility index (Phi) is 9.48. The van der Waals surface area contributed by atoms with Crippen molar-refractivity contribution in [2.75, 3.05) is 20.6 Å². The minimum Gasteiger partial charge on any atom is -0.368 e. The highest BCUT2D eigenvalue weighted by molar-refractivity contribution is 5.91. The van der Waals surface area contributed by atoms with Crippen molar-refractivity contribution in [2.24, 2.45) is 17.4 Å². The highest BCUT2D eigenvalue weighted by atomic mass is 16.2. The van der Waals surface area contributed by atoms with Crippen LogP contribution in [0.1, 0.15) is 46.5 Å². The molecule has 3 amide bonds. The molecule has 0 aliphatic heterocycles. The van der Waals surface area contributed by atoms with E-state index in [-0.39, 0.29) is 24.3 Å². The molecule has 0 aromatic rings. The Bertz CT molecular complexity index is 414. The topological polar surface area (TPSA) is 110 Å². The number of rotatable bonds is 10. The van der Waals surface area contributed by atoms with Crippen LogP contribution in [0, 0.1) is 5.92 Å². The Balaban J connectivity index is 5.35. The molecule has 0 bridgehead atoms. The molecule has 0 rings (SSSR count). The third kappa shape index (κ3) is 5.82. The second-order valence-corrected chi connectivity index (χ2v) is 6.03. The molecule has 0 aliphatic rings. The molecule has 0 spiro atoms. The minimum absolute atomic E-state index is 0.0587. The predicted octanol–water partition coefficient (Wildman–Crippen LogP) is 0.321. The van der Waals surface area contributed by atoms with Crippen LogP contribution in [0.25, 0.3) is 0 Å². The molecule has 3 atom stereocenters. The summed E-state index contributed by atoms with van der Waals surface area (Å²) in [7, 11) is 3.16. The van der Waals surface area contributed by atoms with E-state index >= 15 is 0 Å². The number of hydrogen-bond acceptors (Lipinski definition) is 4. The van der Waals surface area contributed by atoms with Gasteiger partial charge < -0.3 is 21.3 Å². The molecule has 0 saturated heterocycles. The van der Waals surface area contributed by atoms with E-state index in [1.54, 1.807) is 14.1 Å². The van der Waals surface area contributed by atoms with E-state index < -0.39 is 18.0 Å². The van der Waals surface area contributed by atoms with Crippen LogP contribution in [0.5, 0.6) is 0 Å². The zero-order chi connectivity index (χ0) is 18.2. The van der Waals surface area contributed by atoms with Crippen LogP contribution in [-0.2, 0) is 14.4 Å². The van der Waals surface area contributed by atoms with Crippen LogP contribution >= 0.6 is 0 Å². The largest absolute Gasteiger partial charge is 0.368 e. The molecule has 0 aromatic carbocycles. The maximum atomic E-state index is 12.8. The quantitative estimate of drug-likeness (QED) is 0.602. The lowest BCUT2D eigenvalue weighted by Crippen LogP contribution is -2.56. The maximum Gasteiger partial charge on any atom is 0.245 e. The number of carbonyl (C=O) groups is 3. The standard InChI is InChI=1S/C16H32N4O3/c1-6-8-13(21)19(4)12(9-10-17)16(23)20(5)14(15(18)22)11(3)7-2/h11-12,14H,6-10,17H2,1-5H3,(H2,18,22)/t11?,12-,14+/m1/s1. The van der Waals surface area contributed by atoms with E-state index in [0.717, 1.165) is 6.42 Å². The van der Waals surface area contributed by atoms with E-state index in [1.807, 2.05) is 20.8 Å². The van der Waals surface area contributed by atoms with Crippen LogP contribution in [-0.4, -0.2) is 60.2 Å². The summed E-state index contributed by atoms with van der Waals surface area (Å²) in [6.07, 6.45) is 2.15. The van der Waals surface area contributed by atoms with Crippen LogP contribution in [0.4, 0.5) is 0 Å². The van der Waals surface area contributed by atoms with Gasteiger partial charge in [-0.15, -0.1) is 0 Å². The van der Waals surface area contributed by atoms with Crippen molar-refractivity contribution in [1.82, 2.24) is 9.80 Å². The lowest BCUT2D eigenvalue weighted by Gasteiger charge is -2.35. The van der Waals surface area contributed by atoms with Gasteiger partial charge in [0.1, 0.15) is 12.1 Å². The van der Waals surface area contributed by atoms with Crippen molar-refractivity contribution in [2.45, 2.75) is 58.5 Å². The van der Waals surface area contributed by atoms with Gasteiger partial charge in [0.2, 0.25) is 17.7 Å². The number of likely N-dealkylation sites (N-methyl/N-ethyl adjacent to an activating group) is 2. The first-order valence-corrected chi connectivity index (χ1v) is 8.24. The molecule has 0 heterocycles. The smallest absolute Gasteiger partial charge is 0.245 e. The summed E-state index contributed by atoms with van der Waals surface area (Å²) in [6, 6.07) is -1.36. The Morgan fingerprint density at radius 2 is 1.65 bits per heavy atom. The molecule has 0 radical (unpaired) electrons. The first kappa shape index (κ1) is 21.4. The molecule has 0 aliphatic carbocycles. The van der Waals surface area contributed by atoms with Gasteiger partial charge in [-0.2, -0.15) is 0 Å². The highest BCUT2D eigenvalue weighted by Crippen LogP contribution is 2.17. The summed E-state index contributed by atoms with van der Waals surface area (Å²) in [4.78, 5) is 39.5. The van der Waals surface area contributed by atoms with Crippen molar-refractivity contribution in [3.05, 3.63) is 0 Å². The van der Waals surface area contributed by atoms with Gasteiger partial charge >= 0.3 is 0 Å². The molecule has 0 saturated carbocycles. The fourth-order valence-corrected chi connectivity index (χ4v) is 2.65. The number of amides is 3. The van der Waals surface area contributed by atoms with E-state index in [2.05, 4.69) is 0 Å². The molecule has 4 N–H and O–H groups in total. The van der Waals surface area contributed by atoms with Crippen molar-refractivity contribution in [3.63, 3.8) is 0 Å². The molecule has 0 fully saturated rings. The number of nitrogens with zero attached hydrogens (tertiary/aromatic N) is 2. The van der Waals surface area contributed by atoms with Crippen molar-refractivity contribution < 1.29 is 14.4 Å². The summed E-state index contributed by atoms with van der Waals surface area (Å²) >= 11 is 0. The highest BCUT2D eigenvalue weighted by Gasteiger charge is 2.35. The summed E-state index contributed by atoms with van der Waals surface area (Å²) in [5, 5.41) is 0. The minimum atomic E-state index is -0.692. The maximum absolute atomic E-state index is 12.8. The van der Waals surface area contributed by atoms with Crippen LogP contribution in [0.2, 0.25) is 0 Å². The number of carbonyl (C=O) groups excluding carboxylic acids is 3. The first-order valence-electron chi connectivity index (χ1n) is 8.24. The molecule has 1 unspecified atom stereocenters. The summed E-state index contributed by atoms with van der Waals surface area (Å²) < 4.78 is 0. The second kappa shape index (κ2) is 10.2. The molecule has 23 heavy (non-hydrogen) atoms. The Morgan fingerprint density at radius 1 is 1.09 bits per heavy atom. The van der Waals surface area contributed by atoms with Gasteiger partial charge in [-0.25, -0.2) is 0 Å². The zero-order valence-corrected chi connectivity index (χ0v) is 15.0. The van der Waals surface area contributed by atoms with Gasteiger partial charge in [-0.05, 0) is 25.3 Å². The van der Waals surface area contributed by atoms with E-state index in [1.165, 1.54) is 9.80 Å². The molecule has 7 heteroatoms. The third-order valence-corrected chi connectivity index (χ3v) is 4.29. The summed E-state index contributed by atoms with van der Waals surface area (Å²) in [5.74, 6) is -1.00. The van der Waals surface area contributed by atoms with Gasteiger partial charge in [0, 0.05) is 20.5 Å². The number of nitrogens with two attached hydrogens (primary N) is 2. The number of hydrogen-bond donors (Lipinski definition) is 2. The summed E-state index contributed by atoms with van der Waals surface area (Å²) in [5.41, 5.74) is 11.1. The molecule has 0 aromatic heterocycles. The van der Waals surface area contributed by atoms with E-state index in [4.69, 9.17) is 11.5 Å². The van der Waals surface area contributed by atoms with E-state index in [9.17, 15) is 14.4 Å². The van der Waals surface area contributed by atoms with Crippen molar-refractivity contribution in [3.8, 4) is 0 Å². The fraction of sp³-hybridized carbons (Fsp3) is 0.812. The van der Waals surface area contributed by atoms with Crippen LogP contribution < -0.4 is 11.5 Å². The van der Waals surface area contributed by atoms with Gasteiger partial charge in [0.15, 0.2) is 0 Å². The molecular formula is C16H32N4O3. The van der Waals surface area contributed by atoms with E-state index in [0.29, 0.717) is 19.3 Å². The lowest BCUT2D eigenvalue weighted by atomic mass is 9.96. The van der Waals surface area contributed by atoms with Crippen LogP contribution in [0.15, 0.2) is 0 Å². The monoisotopic (exact) mass is 328 g/mol. The van der Waals surface area contributed by atoms with Crippen molar-refractivity contribution in [1.29, 1.82) is 0 Å². The van der Waals surface area contributed by atoms with Gasteiger partial charge in [0.05, 0.1) is 0 Å². The SMILES string of the molecule is CCCC(=O)N(C)[C@H](CCN)C(=O)N(C)[C@H](C(N)=O)C(C)CC. The lowest BCUT2D eigenvalue weighted by molar-refractivity contribution is -0.148. The Labute approximate surface area is 139 Å². The zero-order valence-electron chi connectivity index (χ0n) is 15.0. The second-order valence-electron chi connectivity index (χ2n) is 6.03. The van der Waals surface area contributed by atoms with Crippen LogP contribution in [0.3, 0.4) is 0 Å². The van der Waals surface area contributed by atoms with Gasteiger partial charge in [-0.1, -0.05) is 27.2 Å². The Morgan fingerprint density at radius 3 is 2.04 bits per heavy atom. The van der Waals surface area contributed by atoms with Crippen molar-refractivity contribution >= 4 is 17.7 Å². The van der Waals surface area contributed by atoms with Gasteiger partial charge in [-0.3, -0.25) is 14.4 Å². The van der Waals surface area contributed by atoms with Gasteiger partial charge in [0.25, 0.3) is 0 Å². The molecular weight excluding hydrogens is 296 g/mol. The average molecular weight is 328 g/mol. The molecule has 7 nitrogen and oxygen atoms in total. The predicted molar refractivity (Wildman–Crippen MR) is 90.3 cm³/mol. The first-order chi connectivity index (χ1) is 10.7. The Hall–Kier alpha value is -1.63. The average Bonchev–Trinajstić information content (AvgIpc) is 2.50.